The summed E-state index contributed by atoms with van der Waals surface area (Å²) in [4.78, 5) is 32.2. The van der Waals surface area contributed by atoms with Gasteiger partial charge in [0.25, 0.3) is 0 Å². The standard InChI is InChI=1S/C31H36N2O4S/c1-22-10-11-28(23(2)17-22)37-21-27-26-13-16-38-29(26)12-14-33(27)31(35)20-32(19-25-9-6-15-36-25)30(34)18-24-7-4-3-5-8-24/h3-5,7-8,10-11,13,16-17,25,27H,6,9,12,14-15,18-21H2,1-2H3/t25-,27+/m0/s1. The van der Waals surface area contributed by atoms with Crippen LogP contribution in [0.1, 0.15) is 46.0 Å². The highest BCUT2D eigenvalue weighted by atomic mass is 32.1. The highest BCUT2D eigenvalue weighted by molar-refractivity contribution is 7.10. The molecular formula is C31H36N2O4S. The van der Waals surface area contributed by atoms with Gasteiger partial charge in [0.1, 0.15) is 12.4 Å². The molecule has 0 bridgehead atoms. The molecular weight excluding hydrogens is 496 g/mol. The van der Waals surface area contributed by atoms with Crippen molar-refractivity contribution in [1.82, 2.24) is 9.80 Å². The molecule has 0 saturated carbocycles. The normalized spacial score (nSPS) is 18.7. The van der Waals surface area contributed by atoms with E-state index in [0.29, 0.717) is 26.3 Å². The molecule has 2 aliphatic heterocycles. The molecule has 38 heavy (non-hydrogen) atoms. The Morgan fingerprint density at radius 1 is 1.13 bits per heavy atom. The molecule has 1 saturated heterocycles. The van der Waals surface area contributed by atoms with Crippen LogP contribution in [0.3, 0.4) is 0 Å². The molecule has 2 atom stereocenters. The number of hydrogen-bond acceptors (Lipinski definition) is 5. The van der Waals surface area contributed by atoms with Gasteiger partial charge in [0.05, 0.1) is 25.1 Å². The molecule has 2 aliphatic rings. The van der Waals surface area contributed by atoms with Crippen LogP contribution in [0.25, 0.3) is 0 Å². The minimum Gasteiger partial charge on any atom is -0.491 e. The molecule has 2 amide bonds. The van der Waals surface area contributed by atoms with Gasteiger partial charge in [-0.05, 0) is 67.3 Å². The Kier molecular flexibility index (Phi) is 8.45. The number of rotatable bonds is 9. The van der Waals surface area contributed by atoms with Crippen LogP contribution in [0.4, 0.5) is 0 Å². The highest BCUT2D eigenvalue weighted by Crippen LogP contribution is 2.34. The summed E-state index contributed by atoms with van der Waals surface area (Å²) in [6.45, 7) is 6.31. The minimum absolute atomic E-state index is 0.0176. The van der Waals surface area contributed by atoms with Crippen molar-refractivity contribution in [2.45, 2.75) is 51.7 Å². The van der Waals surface area contributed by atoms with E-state index in [0.717, 1.165) is 41.7 Å². The van der Waals surface area contributed by atoms with Crippen LogP contribution in [-0.4, -0.2) is 60.6 Å². The Morgan fingerprint density at radius 3 is 2.74 bits per heavy atom. The Bertz CT molecular complexity index is 1250. The van der Waals surface area contributed by atoms with E-state index in [1.807, 2.05) is 54.3 Å². The second-order valence-corrected chi connectivity index (χ2v) is 11.3. The summed E-state index contributed by atoms with van der Waals surface area (Å²) in [6, 6.07) is 17.8. The van der Waals surface area contributed by atoms with Crippen LogP contribution in [0.5, 0.6) is 5.75 Å². The number of fused-ring (bicyclic) bond motifs is 1. The zero-order chi connectivity index (χ0) is 26.5. The summed E-state index contributed by atoms with van der Waals surface area (Å²) >= 11 is 1.74. The van der Waals surface area contributed by atoms with Gasteiger partial charge in [-0.1, -0.05) is 48.0 Å². The van der Waals surface area contributed by atoms with Crippen molar-refractivity contribution in [3.8, 4) is 5.75 Å². The van der Waals surface area contributed by atoms with Gasteiger partial charge in [-0.2, -0.15) is 0 Å². The predicted molar refractivity (Wildman–Crippen MR) is 150 cm³/mol. The van der Waals surface area contributed by atoms with Crippen LogP contribution in [0.2, 0.25) is 0 Å². The first kappa shape index (κ1) is 26.4. The van der Waals surface area contributed by atoms with Crippen LogP contribution < -0.4 is 4.74 Å². The van der Waals surface area contributed by atoms with Crippen molar-refractivity contribution in [3.05, 3.63) is 87.1 Å². The summed E-state index contributed by atoms with van der Waals surface area (Å²) < 4.78 is 12.1. The molecule has 0 aliphatic carbocycles. The quantitative estimate of drug-likeness (QED) is 0.384. The molecule has 0 N–H and O–H groups in total. The van der Waals surface area contributed by atoms with E-state index in [-0.39, 0.29) is 36.9 Å². The van der Waals surface area contributed by atoms with Crippen molar-refractivity contribution in [2.75, 3.05) is 32.8 Å². The number of carbonyl (C=O) groups is 2. The molecule has 0 unspecified atom stereocenters. The fourth-order valence-electron chi connectivity index (χ4n) is 5.43. The van der Waals surface area contributed by atoms with E-state index >= 15 is 0 Å². The van der Waals surface area contributed by atoms with Gasteiger partial charge >= 0.3 is 0 Å². The lowest BCUT2D eigenvalue weighted by atomic mass is 10.00. The molecule has 5 rings (SSSR count). The third-order valence-electron chi connectivity index (χ3n) is 7.47. The smallest absolute Gasteiger partial charge is 0.242 e. The van der Waals surface area contributed by atoms with E-state index in [2.05, 4.69) is 24.4 Å². The first-order chi connectivity index (χ1) is 18.5. The van der Waals surface area contributed by atoms with Gasteiger partial charge < -0.3 is 19.3 Å². The first-order valence-electron chi connectivity index (χ1n) is 13.5. The maximum Gasteiger partial charge on any atom is 0.242 e. The maximum atomic E-state index is 13.8. The zero-order valence-corrected chi connectivity index (χ0v) is 23.0. The van der Waals surface area contributed by atoms with Crippen LogP contribution in [0, 0.1) is 13.8 Å². The summed E-state index contributed by atoms with van der Waals surface area (Å²) in [6.07, 6.45) is 2.98. The Morgan fingerprint density at radius 2 is 1.97 bits per heavy atom. The van der Waals surface area contributed by atoms with E-state index in [1.165, 1.54) is 10.4 Å². The Labute approximate surface area is 229 Å². The van der Waals surface area contributed by atoms with Gasteiger partial charge in [0.15, 0.2) is 0 Å². The fourth-order valence-corrected chi connectivity index (χ4v) is 6.36. The van der Waals surface area contributed by atoms with Crippen molar-refractivity contribution in [1.29, 1.82) is 0 Å². The summed E-state index contributed by atoms with van der Waals surface area (Å²) in [5.74, 6) is 0.746. The molecule has 6 nitrogen and oxygen atoms in total. The van der Waals surface area contributed by atoms with Gasteiger partial charge in [0, 0.05) is 24.6 Å². The fraction of sp³-hybridized carbons (Fsp3) is 0.419. The van der Waals surface area contributed by atoms with Crippen molar-refractivity contribution >= 4 is 23.2 Å². The number of hydrogen-bond donors (Lipinski definition) is 0. The molecule has 1 aromatic heterocycles. The third kappa shape index (κ3) is 6.27. The highest BCUT2D eigenvalue weighted by Gasteiger charge is 2.34. The lowest BCUT2D eigenvalue weighted by Crippen LogP contribution is -2.49. The van der Waals surface area contributed by atoms with Crippen molar-refractivity contribution in [3.63, 3.8) is 0 Å². The topological polar surface area (TPSA) is 59.1 Å². The second-order valence-electron chi connectivity index (χ2n) is 10.3. The molecule has 7 heteroatoms. The minimum atomic E-state index is -0.188. The van der Waals surface area contributed by atoms with Crippen LogP contribution in [0.15, 0.2) is 60.0 Å². The molecule has 3 aromatic rings. The summed E-state index contributed by atoms with van der Waals surface area (Å²) in [5.41, 5.74) is 4.37. The SMILES string of the molecule is Cc1ccc(OC[C@@H]2c3ccsc3CCN2C(=O)CN(C[C@@H]2CCCO2)C(=O)Cc2ccccc2)c(C)c1. The van der Waals surface area contributed by atoms with Gasteiger partial charge in [0.2, 0.25) is 11.8 Å². The average molecular weight is 533 g/mol. The monoisotopic (exact) mass is 532 g/mol. The van der Waals surface area contributed by atoms with E-state index in [1.54, 1.807) is 16.2 Å². The summed E-state index contributed by atoms with van der Waals surface area (Å²) in [5, 5.41) is 2.09. The number of nitrogens with zero attached hydrogens (tertiary/aromatic N) is 2. The molecule has 0 radical (unpaired) electrons. The van der Waals surface area contributed by atoms with Gasteiger partial charge in [-0.3, -0.25) is 9.59 Å². The Hall–Kier alpha value is -3.16. The average Bonchev–Trinajstić information content (AvgIpc) is 3.60. The van der Waals surface area contributed by atoms with E-state index < -0.39 is 0 Å². The van der Waals surface area contributed by atoms with Gasteiger partial charge in [-0.25, -0.2) is 0 Å². The molecule has 0 spiro atoms. The molecule has 3 heterocycles. The molecule has 1 fully saturated rings. The van der Waals surface area contributed by atoms with E-state index in [4.69, 9.17) is 9.47 Å². The third-order valence-corrected chi connectivity index (χ3v) is 8.46. The number of thiophene rings is 1. The van der Waals surface area contributed by atoms with Crippen LogP contribution >= 0.6 is 11.3 Å². The van der Waals surface area contributed by atoms with Crippen molar-refractivity contribution < 1.29 is 19.1 Å². The van der Waals surface area contributed by atoms with Crippen molar-refractivity contribution in [2.24, 2.45) is 0 Å². The maximum absolute atomic E-state index is 13.8. The number of ether oxygens (including phenoxy) is 2. The number of aryl methyl sites for hydroxylation is 2. The number of carbonyl (C=O) groups excluding carboxylic acids is 2. The molecule has 200 valence electrons. The second kappa shape index (κ2) is 12.1. The largest absolute Gasteiger partial charge is 0.491 e. The zero-order valence-electron chi connectivity index (χ0n) is 22.2. The van der Waals surface area contributed by atoms with Crippen LogP contribution in [-0.2, 0) is 27.2 Å². The van der Waals surface area contributed by atoms with Gasteiger partial charge in [-0.15, -0.1) is 11.3 Å². The lowest BCUT2D eigenvalue weighted by molar-refractivity contribution is -0.143. The first-order valence-corrected chi connectivity index (χ1v) is 14.3. The number of benzene rings is 2. The summed E-state index contributed by atoms with van der Waals surface area (Å²) in [7, 11) is 0. The Balaban J connectivity index is 1.33. The number of amides is 2. The predicted octanol–water partition coefficient (Wildman–Crippen LogP) is 5.12. The lowest BCUT2D eigenvalue weighted by Gasteiger charge is -2.37. The van der Waals surface area contributed by atoms with E-state index in [9.17, 15) is 9.59 Å². The molecule has 2 aromatic carbocycles.